The molecule has 0 N–H and O–H groups in total. The van der Waals surface area contributed by atoms with Crippen LogP contribution in [0.1, 0.15) is 12.0 Å². The molecule has 0 radical (unpaired) electrons. The van der Waals surface area contributed by atoms with Gasteiger partial charge in [0.2, 0.25) is 0 Å². The molecule has 0 aliphatic carbocycles. The molecular formula is C18H14F3N. The maximum atomic E-state index is 12.3. The van der Waals surface area contributed by atoms with Gasteiger partial charge >= 0.3 is 6.18 Å². The van der Waals surface area contributed by atoms with E-state index in [-0.39, 0.29) is 6.42 Å². The smallest absolute Gasteiger partial charge is 0.248 e. The highest BCUT2D eigenvalue weighted by molar-refractivity contribution is 5.82. The van der Waals surface area contributed by atoms with Crippen LogP contribution < -0.4 is 0 Å². The van der Waals surface area contributed by atoms with Crippen LogP contribution in [0.5, 0.6) is 0 Å². The zero-order valence-electron chi connectivity index (χ0n) is 11.8. The minimum absolute atomic E-state index is 0.0172. The lowest BCUT2D eigenvalue weighted by atomic mass is 10.1. The molecule has 112 valence electrons. The molecule has 0 aliphatic heterocycles. The van der Waals surface area contributed by atoms with E-state index in [0.717, 1.165) is 22.2 Å². The van der Waals surface area contributed by atoms with Gasteiger partial charge in [-0.3, -0.25) is 0 Å². The number of aromatic nitrogens is 1. The molecule has 4 heteroatoms. The molecule has 0 fully saturated rings. The molecule has 3 aromatic rings. The highest BCUT2D eigenvalue weighted by Crippen LogP contribution is 2.25. The van der Waals surface area contributed by atoms with E-state index in [4.69, 9.17) is 0 Å². The van der Waals surface area contributed by atoms with Gasteiger partial charge in [0.25, 0.3) is 0 Å². The van der Waals surface area contributed by atoms with Crippen LogP contribution in [0.4, 0.5) is 13.2 Å². The maximum absolute atomic E-state index is 12.3. The van der Waals surface area contributed by atoms with E-state index in [1.54, 1.807) is 12.1 Å². The van der Waals surface area contributed by atoms with Gasteiger partial charge in [-0.25, -0.2) is 4.98 Å². The number of halogens is 3. The molecule has 0 amide bonds. The normalized spacial score (nSPS) is 11.8. The summed E-state index contributed by atoms with van der Waals surface area (Å²) in [7, 11) is 0. The summed E-state index contributed by atoms with van der Waals surface area (Å²) in [5, 5.41) is 0.926. The largest absolute Gasteiger partial charge is 0.389 e. The predicted octanol–water partition coefficient (Wildman–Crippen LogP) is 5.40. The molecule has 2 aromatic carbocycles. The molecule has 0 unspecified atom stereocenters. The van der Waals surface area contributed by atoms with Crippen LogP contribution >= 0.6 is 0 Å². The number of rotatable bonds is 3. The minimum Gasteiger partial charge on any atom is -0.248 e. The van der Waals surface area contributed by atoms with Gasteiger partial charge in [-0.2, -0.15) is 13.2 Å². The van der Waals surface area contributed by atoms with Gasteiger partial charge in [0.05, 0.1) is 11.2 Å². The molecule has 0 saturated carbocycles. The van der Waals surface area contributed by atoms with Gasteiger partial charge in [-0.1, -0.05) is 48.5 Å². The van der Waals surface area contributed by atoms with Crippen molar-refractivity contribution in [3.8, 4) is 11.3 Å². The first-order valence-electron chi connectivity index (χ1n) is 7.03. The zero-order valence-corrected chi connectivity index (χ0v) is 11.8. The van der Waals surface area contributed by atoms with Crippen LogP contribution in [-0.2, 0) is 6.42 Å². The van der Waals surface area contributed by atoms with Crippen molar-refractivity contribution >= 4 is 10.9 Å². The zero-order chi connectivity index (χ0) is 15.6. The highest BCUT2D eigenvalue weighted by atomic mass is 19.4. The first kappa shape index (κ1) is 14.6. The molecule has 3 rings (SSSR count). The number of pyridine rings is 1. The van der Waals surface area contributed by atoms with Crippen molar-refractivity contribution in [3.63, 3.8) is 0 Å². The summed E-state index contributed by atoms with van der Waals surface area (Å²) in [4.78, 5) is 4.57. The number of nitrogens with zero attached hydrogens (tertiary/aromatic N) is 1. The number of hydrogen-bond donors (Lipinski definition) is 0. The van der Waals surface area contributed by atoms with E-state index in [9.17, 15) is 13.2 Å². The highest BCUT2D eigenvalue weighted by Gasteiger charge is 2.26. The Bertz CT molecular complexity index is 779. The Morgan fingerprint density at radius 2 is 1.59 bits per heavy atom. The molecular weight excluding hydrogens is 287 g/mol. The SMILES string of the molecule is FC(F)(F)CCc1ccc2ccc(-c3ccccc3)nc2c1. The monoisotopic (exact) mass is 301 g/mol. The van der Waals surface area contributed by atoms with Gasteiger partial charge in [-0.15, -0.1) is 0 Å². The third kappa shape index (κ3) is 3.45. The Labute approximate surface area is 126 Å². The number of fused-ring (bicyclic) bond motifs is 1. The van der Waals surface area contributed by atoms with E-state index in [1.165, 1.54) is 0 Å². The Kier molecular flexibility index (Phi) is 3.84. The lowest BCUT2D eigenvalue weighted by Crippen LogP contribution is -2.08. The average molecular weight is 301 g/mol. The Morgan fingerprint density at radius 1 is 0.864 bits per heavy atom. The Balaban J connectivity index is 1.93. The summed E-state index contributed by atoms with van der Waals surface area (Å²) >= 11 is 0. The summed E-state index contributed by atoms with van der Waals surface area (Å²) in [6, 6.07) is 18.9. The van der Waals surface area contributed by atoms with E-state index >= 15 is 0 Å². The second-order valence-corrected chi connectivity index (χ2v) is 5.20. The van der Waals surface area contributed by atoms with Crippen LogP contribution in [0.25, 0.3) is 22.2 Å². The standard InChI is InChI=1S/C18H14F3N/c19-18(20,21)11-10-13-6-7-15-8-9-16(22-17(15)12-13)14-4-2-1-3-5-14/h1-9,12H,10-11H2. The van der Waals surface area contributed by atoms with E-state index < -0.39 is 12.6 Å². The van der Waals surface area contributed by atoms with Crippen molar-refractivity contribution in [1.82, 2.24) is 4.98 Å². The molecule has 1 aromatic heterocycles. The molecule has 0 bridgehead atoms. The third-order valence-corrected chi connectivity index (χ3v) is 3.52. The summed E-state index contributed by atoms with van der Waals surface area (Å²) in [6.07, 6.45) is -4.96. The van der Waals surface area contributed by atoms with E-state index in [2.05, 4.69) is 4.98 Å². The van der Waals surface area contributed by atoms with E-state index in [1.807, 2.05) is 48.5 Å². The molecule has 0 aliphatic rings. The van der Waals surface area contributed by atoms with Crippen molar-refractivity contribution in [2.24, 2.45) is 0 Å². The lowest BCUT2D eigenvalue weighted by Gasteiger charge is -2.08. The third-order valence-electron chi connectivity index (χ3n) is 3.52. The molecule has 0 atom stereocenters. The average Bonchev–Trinajstić information content (AvgIpc) is 2.52. The fraction of sp³-hybridized carbons (Fsp3) is 0.167. The number of alkyl halides is 3. The van der Waals surface area contributed by atoms with Gasteiger partial charge in [0.1, 0.15) is 0 Å². The summed E-state index contributed by atoms with van der Waals surface area (Å²) in [5.41, 5.74) is 3.19. The van der Waals surface area contributed by atoms with Crippen LogP contribution in [-0.4, -0.2) is 11.2 Å². The van der Waals surface area contributed by atoms with Crippen molar-refractivity contribution in [1.29, 1.82) is 0 Å². The molecule has 1 nitrogen and oxygen atoms in total. The number of benzene rings is 2. The van der Waals surface area contributed by atoms with Crippen LogP contribution in [0.15, 0.2) is 60.7 Å². The lowest BCUT2D eigenvalue weighted by molar-refractivity contribution is -0.133. The molecule has 0 spiro atoms. The molecule has 22 heavy (non-hydrogen) atoms. The predicted molar refractivity (Wildman–Crippen MR) is 81.6 cm³/mol. The van der Waals surface area contributed by atoms with Crippen LogP contribution in [0, 0.1) is 0 Å². The second-order valence-electron chi connectivity index (χ2n) is 5.20. The van der Waals surface area contributed by atoms with Crippen LogP contribution in [0.3, 0.4) is 0 Å². The van der Waals surface area contributed by atoms with Crippen molar-refractivity contribution in [3.05, 3.63) is 66.2 Å². The first-order chi connectivity index (χ1) is 10.5. The minimum atomic E-state index is -4.13. The summed E-state index contributed by atoms with van der Waals surface area (Å²) in [5.74, 6) is 0. The van der Waals surface area contributed by atoms with Gasteiger partial charge in [0.15, 0.2) is 0 Å². The van der Waals surface area contributed by atoms with Crippen molar-refractivity contribution in [2.45, 2.75) is 19.0 Å². The molecule has 1 heterocycles. The van der Waals surface area contributed by atoms with Gasteiger partial charge in [-0.05, 0) is 24.1 Å². The fourth-order valence-electron chi connectivity index (χ4n) is 2.37. The topological polar surface area (TPSA) is 12.9 Å². The van der Waals surface area contributed by atoms with E-state index in [0.29, 0.717) is 5.56 Å². The second kappa shape index (κ2) is 5.79. The van der Waals surface area contributed by atoms with Gasteiger partial charge in [0, 0.05) is 17.4 Å². The van der Waals surface area contributed by atoms with Crippen molar-refractivity contribution in [2.75, 3.05) is 0 Å². The van der Waals surface area contributed by atoms with Crippen LogP contribution in [0.2, 0.25) is 0 Å². The van der Waals surface area contributed by atoms with Crippen molar-refractivity contribution < 1.29 is 13.2 Å². The Hall–Kier alpha value is -2.36. The molecule has 0 saturated heterocycles. The van der Waals surface area contributed by atoms with Gasteiger partial charge < -0.3 is 0 Å². The summed E-state index contributed by atoms with van der Waals surface area (Å²) < 4.78 is 37.0. The number of aryl methyl sites for hydroxylation is 1. The first-order valence-corrected chi connectivity index (χ1v) is 7.03. The number of hydrogen-bond acceptors (Lipinski definition) is 1. The summed E-state index contributed by atoms with van der Waals surface area (Å²) in [6.45, 7) is 0. The fourth-order valence-corrected chi connectivity index (χ4v) is 2.37. The quantitative estimate of drug-likeness (QED) is 0.631. The Morgan fingerprint density at radius 3 is 2.32 bits per heavy atom. The maximum Gasteiger partial charge on any atom is 0.389 e.